The molecule has 0 aromatic heterocycles. The first-order valence-corrected chi connectivity index (χ1v) is 4.13. The van der Waals surface area contributed by atoms with E-state index in [1.807, 2.05) is 6.92 Å². The van der Waals surface area contributed by atoms with Crippen molar-refractivity contribution in [2.24, 2.45) is 5.92 Å². The van der Waals surface area contributed by atoms with E-state index in [0.29, 0.717) is 12.2 Å². The van der Waals surface area contributed by atoms with Gasteiger partial charge in [0.1, 0.15) is 0 Å². The van der Waals surface area contributed by atoms with E-state index in [9.17, 15) is 0 Å². The topological polar surface area (TPSA) is 21.8 Å². The molecule has 1 aliphatic carbocycles. The maximum absolute atomic E-state index is 5.33. The molecule has 0 bridgehead atoms. The summed E-state index contributed by atoms with van der Waals surface area (Å²) in [6.45, 7) is 3.85. The molecular formula is C8H14O2. The Hall–Kier alpha value is -0.0800. The van der Waals surface area contributed by atoms with Crippen LogP contribution in [0.15, 0.2) is 0 Å². The number of hydrogen-bond donors (Lipinski definition) is 0. The fourth-order valence-corrected chi connectivity index (χ4v) is 1.77. The van der Waals surface area contributed by atoms with E-state index >= 15 is 0 Å². The Labute approximate surface area is 61.5 Å². The van der Waals surface area contributed by atoms with Crippen LogP contribution in [0.2, 0.25) is 0 Å². The van der Waals surface area contributed by atoms with Crippen molar-refractivity contribution in [2.45, 2.75) is 32.0 Å². The minimum Gasteiger partial charge on any atom is -0.381 e. The van der Waals surface area contributed by atoms with Crippen LogP contribution in [-0.4, -0.2) is 25.4 Å². The monoisotopic (exact) mass is 142 g/mol. The van der Waals surface area contributed by atoms with E-state index in [-0.39, 0.29) is 0 Å². The van der Waals surface area contributed by atoms with E-state index in [0.717, 1.165) is 19.1 Å². The molecule has 58 valence electrons. The van der Waals surface area contributed by atoms with Crippen LogP contribution in [0.4, 0.5) is 0 Å². The molecule has 2 rings (SSSR count). The van der Waals surface area contributed by atoms with E-state index in [2.05, 4.69) is 0 Å². The summed E-state index contributed by atoms with van der Waals surface area (Å²) < 4.78 is 10.6. The van der Waals surface area contributed by atoms with E-state index in [1.165, 1.54) is 12.8 Å². The van der Waals surface area contributed by atoms with Gasteiger partial charge in [0, 0.05) is 13.2 Å². The van der Waals surface area contributed by atoms with Crippen LogP contribution in [0.3, 0.4) is 0 Å². The molecule has 1 saturated carbocycles. The van der Waals surface area contributed by atoms with Gasteiger partial charge in [-0.2, -0.15) is 0 Å². The minimum atomic E-state index is 0.616. The molecule has 0 amide bonds. The molecule has 2 atom stereocenters. The summed E-state index contributed by atoms with van der Waals surface area (Å²) in [6.07, 6.45) is 3.71. The number of hydrogen-bond acceptors (Lipinski definition) is 2. The van der Waals surface area contributed by atoms with E-state index < -0.39 is 0 Å². The first-order chi connectivity index (χ1) is 4.90. The normalized spacial score (nSPS) is 38.1. The fraction of sp³-hybridized carbons (Fsp3) is 1.00. The molecule has 0 aromatic rings. The van der Waals surface area contributed by atoms with Crippen molar-refractivity contribution < 1.29 is 9.47 Å². The highest BCUT2D eigenvalue weighted by Crippen LogP contribution is 2.41. The van der Waals surface area contributed by atoms with Gasteiger partial charge in [0.25, 0.3) is 0 Å². The minimum absolute atomic E-state index is 0.616. The second-order valence-electron chi connectivity index (χ2n) is 3.21. The number of ether oxygens (including phenoxy) is 2. The molecule has 0 unspecified atom stereocenters. The van der Waals surface area contributed by atoms with Crippen molar-refractivity contribution in [3.8, 4) is 0 Å². The first-order valence-electron chi connectivity index (χ1n) is 4.13. The molecule has 1 heterocycles. The SMILES string of the molecule is CCOCC1C[C@H]2O[C@@H]2C1. The van der Waals surface area contributed by atoms with E-state index in [4.69, 9.17) is 9.47 Å². The standard InChI is InChI=1S/C8H14O2/c1-2-9-5-6-3-7-8(4-6)10-7/h6-8H,2-5H2,1H3/t7-,8-/m1/s1. The summed E-state index contributed by atoms with van der Waals surface area (Å²) in [5.41, 5.74) is 0. The van der Waals surface area contributed by atoms with Gasteiger partial charge in [-0.25, -0.2) is 0 Å². The van der Waals surface area contributed by atoms with Crippen LogP contribution in [0.1, 0.15) is 19.8 Å². The fourth-order valence-electron chi connectivity index (χ4n) is 1.77. The Bertz CT molecular complexity index is 114. The second kappa shape index (κ2) is 2.51. The van der Waals surface area contributed by atoms with Crippen LogP contribution in [0.25, 0.3) is 0 Å². The van der Waals surface area contributed by atoms with Gasteiger partial charge in [-0.1, -0.05) is 0 Å². The summed E-state index contributed by atoms with van der Waals surface area (Å²) in [4.78, 5) is 0. The maximum Gasteiger partial charge on any atom is 0.0845 e. The summed E-state index contributed by atoms with van der Waals surface area (Å²) in [5, 5.41) is 0. The van der Waals surface area contributed by atoms with Crippen LogP contribution in [-0.2, 0) is 9.47 Å². The maximum atomic E-state index is 5.33. The van der Waals surface area contributed by atoms with Gasteiger partial charge in [-0.3, -0.25) is 0 Å². The summed E-state index contributed by atoms with van der Waals surface area (Å²) >= 11 is 0. The second-order valence-corrected chi connectivity index (χ2v) is 3.21. The Morgan fingerprint density at radius 3 is 2.70 bits per heavy atom. The van der Waals surface area contributed by atoms with Crippen molar-refractivity contribution in [2.75, 3.05) is 13.2 Å². The lowest BCUT2D eigenvalue weighted by Gasteiger charge is -2.09. The Kier molecular flexibility index (Phi) is 1.66. The lowest BCUT2D eigenvalue weighted by molar-refractivity contribution is 0.0958. The first kappa shape index (κ1) is 6.62. The molecule has 2 aliphatic rings. The van der Waals surface area contributed by atoms with Gasteiger partial charge in [-0.15, -0.1) is 0 Å². The Morgan fingerprint density at radius 2 is 2.10 bits per heavy atom. The Balaban J connectivity index is 1.66. The highest BCUT2D eigenvalue weighted by atomic mass is 16.6. The summed E-state index contributed by atoms with van der Waals surface area (Å²) in [6, 6.07) is 0. The third kappa shape index (κ3) is 1.18. The van der Waals surface area contributed by atoms with Gasteiger partial charge in [0.2, 0.25) is 0 Å². The molecule has 0 radical (unpaired) electrons. The Morgan fingerprint density at radius 1 is 1.40 bits per heavy atom. The molecule has 2 nitrogen and oxygen atoms in total. The van der Waals surface area contributed by atoms with Crippen LogP contribution in [0.5, 0.6) is 0 Å². The molecule has 0 spiro atoms. The molecule has 0 aromatic carbocycles. The smallest absolute Gasteiger partial charge is 0.0845 e. The van der Waals surface area contributed by atoms with Gasteiger partial charge < -0.3 is 9.47 Å². The van der Waals surface area contributed by atoms with Crippen molar-refractivity contribution in [3.63, 3.8) is 0 Å². The zero-order chi connectivity index (χ0) is 6.97. The van der Waals surface area contributed by atoms with Gasteiger partial charge in [-0.05, 0) is 25.7 Å². The van der Waals surface area contributed by atoms with Crippen molar-refractivity contribution in [1.29, 1.82) is 0 Å². The predicted molar refractivity (Wildman–Crippen MR) is 37.9 cm³/mol. The van der Waals surface area contributed by atoms with Crippen molar-refractivity contribution >= 4 is 0 Å². The number of rotatable bonds is 3. The molecule has 2 fully saturated rings. The lowest BCUT2D eigenvalue weighted by Crippen LogP contribution is -2.08. The highest BCUT2D eigenvalue weighted by Gasteiger charge is 2.47. The molecular weight excluding hydrogens is 128 g/mol. The van der Waals surface area contributed by atoms with Crippen molar-refractivity contribution in [1.82, 2.24) is 0 Å². The summed E-state index contributed by atoms with van der Waals surface area (Å²) in [7, 11) is 0. The lowest BCUT2D eigenvalue weighted by atomic mass is 10.1. The van der Waals surface area contributed by atoms with Gasteiger partial charge in [0.15, 0.2) is 0 Å². The number of epoxide rings is 1. The van der Waals surface area contributed by atoms with E-state index in [1.54, 1.807) is 0 Å². The average Bonchev–Trinajstić information content (AvgIpc) is 2.56. The molecule has 0 N–H and O–H groups in total. The zero-order valence-corrected chi connectivity index (χ0v) is 6.38. The molecule has 10 heavy (non-hydrogen) atoms. The molecule has 1 aliphatic heterocycles. The van der Waals surface area contributed by atoms with Crippen molar-refractivity contribution in [3.05, 3.63) is 0 Å². The van der Waals surface area contributed by atoms with Gasteiger partial charge >= 0.3 is 0 Å². The highest BCUT2D eigenvalue weighted by molar-refractivity contribution is 4.95. The average molecular weight is 142 g/mol. The quantitative estimate of drug-likeness (QED) is 0.552. The van der Waals surface area contributed by atoms with Crippen LogP contribution < -0.4 is 0 Å². The third-order valence-corrected chi connectivity index (χ3v) is 2.38. The predicted octanol–water partition coefficient (Wildman–Crippen LogP) is 1.20. The number of fused-ring (bicyclic) bond motifs is 1. The van der Waals surface area contributed by atoms with Crippen LogP contribution in [0, 0.1) is 5.92 Å². The largest absolute Gasteiger partial charge is 0.381 e. The molecule has 2 heteroatoms. The molecule has 1 saturated heterocycles. The van der Waals surface area contributed by atoms with Crippen LogP contribution >= 0.6 is 0 Å². The van der Waals surface area contributed by atoms with Gasteiger partial charge in [0.05, 0.1) is 12.2 Å². The third-order valence-electron chi connectivity index (χ3n) is 2.38. The zero-order valence-electron chi connectivity index (χ0n) is 6.38. The summed E-state index contributed by atoms with van der Waals surface area (Å²) in [5.74, 6) is 0.795.